The van der Waals surface area contributed by atoms with E-state index in [1.54, 1.807) is 18.2 Å². The number of hydrogen-bond acceptors (Lipinski definition) is 6. The molecule has 2 N–H and O–H groups in total. The number of carboxylic acids is 1. The first-order valence-corrected chi connectivity index (χ1v) is 6.63. The van der Waals surface area contributed by atoms with Crippen LogP contribution in [0, 0.1) is 0 Å². The summed E-state index contributed by atoms with van der Waals surface area (Å²) in [5.41, 5.74) is 2.65. The number of pyridine rings is 1. The van der Waals surface area contributed by atoms with Gasteiger partial charge in [-0.3, -0.25) is 0 Å². The third-order valence-corrected chi connectivity index (χ3v) is 3.49. The molecule has 3 rings (SSSR count). The second-order valence-electron chi connectivity index (χ2n) is 3.92. The van der Waals surface area contributed by atoms with Gasteiger partial charge in [-0.2, -0.15) is 8.75 Å². The normalized spacial score (nSPS) is 10.7. The molecule has 0 unspecified atom stereocenters. The topological polar surface area (TPSA) is 88.0 Å². The predicted molar refractivity (Wildman–Crippen MR) is 76.9 cm³/mol. The average molecular weight is 307 g/mol. The van der Waals surface area contributed by atoms with Crippen molar-refractivity contribution < 1.29 is 9.90 Å². The van der Waals surface area contributed by atoms with Gasteiger partial charge in [0, 0.05) is 0 Å². The van der Waals surface area contributed by atoms with Gasteiger partial charge in [0.25, 0.3) is 0 Å². The van der Waals surface area contributed by atoms with E-state index in [0.717, 1.165) is 17.2 Å². The zero-order chi connectivity index (χ0) is 14.1. The first-order valence-electron chi connectivity index (χ1n) is 5.52. The lowest BCUT2D eigenvalue weighted by Crippen LogP contribution is -2.00. The fourth-order valence-corrected chi connectivity index (χ4v) is 2.43. The van der Waals surface area contributed by atoms with Crippen LogP contribution < -0.4 is 5.32 Å². The summed E-state index contributed by atoms with van der Waals surface area (Å²) < 4.78 is 8.33. The number of aromatic carboxylic acids is 1. The van der Waals surface area contributed by atoms with Gasteiger partial charge in [-0.05, 0) is 24.3 Å². The van der Waals surface area contributed by atoms with Crippen molar-refractivity contribution in [3.63, 3.8) is 0 Å². The lowest BCUT2D eigenvalue weighted by atomic mass is 10.2. The number of rotatable bonds is 3. The first-order chi connectivity index (χ1) is 9.65. The zero-order valence-electron chi connectivity index (χ0n) is 9.87. The highest BCUT2D eigenvalue weighted by Crippen LogP contribution is 2.32. The van der Waals surface area contributed by atoms with Gasteiger partial charge in [-0.25, -0.2) is 9.78 Å². The van der Waals surface area contributed by atoms with Crippen molar-refractivity contribution in [3.8, 4) is 0 Å². The number of halogens is 1. The molecule has 20 heavy (non-hydrogen) atoms. The Balaban J connectivity index is 1.98. The van der Waals surface area contributed by atoms with E-state index in [-0.39, 0.29) is 5.69 Å². The molecule has 2 heterocycles. The zero-order valence-corrected chi connectivity index (χ0v) is 11.4. The van der Waals surface area contributed by atoms with Crippen LogP contribution in [0.15, 0.2) is 30.5 Å². The minimum atomic E-state index is -1.07. The molecular weight excluding hydrogens is 300 g/mol. The van der Waals surface area contributed by atoms with E-state index in [1.807, 2.05) is 0 Å². The molecular formula is C12H7ClN4O2S. The van der Waals surface area contributed by atoms with Crippen molar-refractivity contribution in [2.24, 2.45) is 0 Å². The number of nitrogens with one attached hydrogen (secondary N) is 1. The molecule has 0 bridgehead atoms. The molecule has 0 amide bonds. The Morgan fingerprint density at radius 1 is 1.25 bits per heavy atom. The molecule has 0 aliphatic carbocycles. The quantitative estimate of drug-likeness (QED) is 0.772. The van der Waals surface area contributed by atoms with Crippen LogP contribution in [0.25, 0.3) is 11.0 Å². The highest BCUT2D eigenvalue weighted by atomic mass is 35.5. The largest absolute Gasteiger partial charge is 0.477 e. The van der Waals surface area contributed by atoms with Crippen LogP contribution in [0.2, 0.25) is 5.02 Å². The standard InChI is InChI=1S/C12H7ClN4O2S/c13-7-2-4-8-11(17-20-16-8)10(7)15-6-1-3-9(12(18)19)14-5-6/h1-5,15H,(H,18,19). The number of hydrogen-bond donors (Lipinski definition) is 2. The van der Waals surface area contributed by atoms with Crippen LogP contribution in [-0.4, -0.2) is 24.8 Å². The van der Waals surface area contributed by atoms with E-state index in [4.69, 9.17) is 16.7 Å². The SMILES string of the molecule is O=C(O)c1ccc(Nc2c(Cl)ccc3nsnc23)cn1. The average Bonchev–Trinajstić information content (AvgIpc) is 2.91. The number of benzene rings is 1. The molecule has 8 heteroatoms. The molecule has 100 valence electrons. The Hall–Kier alpha value is -2.25. The van der Waals surface area contributed by atoms with Gasteiger partial charge < -0.3 is 10.4 Å². The van der Waals surface area contributed by atoms with Gasteiger partial charge in [-0.15, -0.1) is 0 Å². The van der Waals surface area contributed by atoms with E-state index in [1.165, 1.54) is 12.3 Å². The maximum atomic E-state index is 10.7. The molecule has 0 aliphatic heterocycles. The number of aromatic nitrogens is 3. The van der Waals surface area contributed by atoms with Crippen molar-refractivity contribution in [3.05, 3.63) is 41.2 Å². The minimum absolute atomic E-state index is 0.0184. The number of carboxylic acid groups (broad SMARTS) is 1. The van der Waals surface area contributed by atoms with Gasteiger partial charge >= 0.3 is 5.97 Å². The monoisotopic (exact) mass is 306 g/mol. The second-order valence-corrected chi connectivity index (χ2v) is 4.85. The maximum Gasteiger partial charge on any atom is 0.354 e. The molecule has 3 aromatic rings. The predicted octanol–water partition coefficient (Wildman–Crippen LogP) is 3.18. The highest BCUT2D eigenvalue weighted by molar-refractivity contribution is 7.00. The summed E-state index contributed by atoms with van der Waals surface area (Å²) >= 11 is 7.25. The van der Waals surface area contributed by atoms with E-state index in [0.29, 0.717) is 21.9 Å². The van der Waals surface area contributed by atoms with Gasteiger partial charge in [0.05, 0.1) is 34.3 Å². The third-order valence-electron chi connectivity index (χ3n) is 2.63. The first kappa shape index (κ1) is 12.8. The summed E-state index contributed by atoms with van der Waals surface area (Å²) in [5.74, 6) is -1.07. The van der Waals surface area contributed by atoms with E-state index >= 15 is 0 Å². The van der Waals surface area contributed by atoms with E-state index in [9.17, 15) is 4.79 Å². The molecule has 0 aliphatic rings. The Kier molecular flexibility index (Phi) is 3.21. The Morgan fingerprint density at radius 3 is 2.80 bits per heavy atom. The molecule has 2 aromatic heterocycles. The molecule has 6 nitrogen and oxygen atoms in total. The van der Waals surface area contributed by atoms with Crippen LogP contribution in [0.1, 0.15) is 10.5 Å². The summed E-state index contributed by atoms with van der Waals surface area (Å²) in [4.78, 5) is 14.6. The van der Waals surface area contributed by atoms with Crippen molar-refractivity contribution in [1.82, 2.24) is 13.7 Å². The van der Waals surface area contributed by atoms with E-state index < -0.39 is 5.97 Å². The minimum Gasteiger partial charge on any atom is -0.477 e. The molecule has 1 aromatic carbocycles. The second kappa shape index (κ2) is 5.03. The Labute approximate surface area is 122 Å². The molecule has 0 saturated carbocycles. The fourth-order valence-electron chi connectivity index (χ4n) is 1.68. The Bertz CT molecular complexity index is 788. The molecule has 0 spiro atoms. The number of anilines is 2. The Morgan fingerprint density at radius 2 is 2.10 bits per heavy atom. The van der Waals surface area contributed by atoms with Gasteiger partial charge in [-0.1, -0.05) is 11.6 Å². The summed E-state index contributed by atoms with van der Waals surface area (Å²) in [6.45, 7) is 0. The van der Waals surface area contributed by atoms with Crippen LogP contribution in [0.4, 0.5) is 11.4 Å². The molecule has 0 saturated heterocycles. The molecule has 0 fully saturated rings. The van der Waals surface area contributed by atoms with Crippen LogP contribution in [0.3, 0.4) is 0 Å². The molecule has 0 atom stereocenters. The van der Waals surface area contributed by atoms with Crippen LogP contribution in [0.5, 0.6) is 0 Å². The summed E-state index contributed by atoms with van der Waals surface area (Å²) in [6.07, 6.45) is 1.43. The third kappa shape index (κ3) is 2.28. The summed E-state index contributed by atoms with van der Waals surface area (Å²) in [5, 5.41) is 12.4. The number of nitrogens with zero attached hydrogens (tertiary/aromatic N) is 3. The van der Waals surface area contributed by atoms with Crippen LogP contribution in [-0.2, 0) is 0 Å². The van der Waals surface area contributed by atoms with E-state index in [2.05, 4.69) is 19.0 Å². The van der Waals surface area contributed by atoms with Crippen molar-refractivity contribution in [2.75, 3.05) is 5.32 Å². The van der Waals surface area contributed by atoms with Gasteiger partial charge in [0.1, 0.15) is 16.7 Å². The van der Waals surface area contributed by atoms with Crippen LogP contribution >= 0.6 is 23.3 Å². The summed E-state index contributed by atoms with van der Waals surface area (Å²) in [7, 11) is 0. The molecule has 0 radical (unpaired) electrons. The van der Waals surface area contributed by atoms with Crippen molar-refractivity contribution in [2.45, 2.75) is 0 Å². The number of carbonyl (C=O) groups is 1. The number of fused-ring (bicyclic) bond motifs is 1. The van der Waals surface area contributed by atoms with Gasteiger partial charge in [0.15, 0.2) is 0 Å². The van der Waals surface area contributed by atoms with Gasteiger partial charge in [0.2, 0.25) is 0 Å². The lowest BCUT2D eigenvalue weighted by Gasteiger charge is -2.08. The fraction of sp³-hybridized carbons (Fsp3) is 0. The summed E-state index contributed by atoms with van der Waals surface area (Å²) in [6, 6.07) is 6.55. The van der Waals surface area contributed by atoms with Crippen molar-refractivity contribution >= 4 is 51.7 Å². The van der Waals surface area contributed by atoms with Crippen molar-refractivity contribution in [1.29, 1.82) is 0 Å². The maximum absolute atomic E-state index is 10.7. The lowest BCUT2D eigenvalue weighted by molar-refractivity contribution is 0.0690. The highest BCUT2D eigenvalue weighted by Gasteiger charge is 2.11. The smallest absolute Gasteiger partial charge is 0.354 e.